The quantitative estimate of drug-likeness (QED) is 0.617. The van der Waals surface area contributed by atoms with E-state index in [2.05, 4.69) is 19.7 Å². The first-order valence-electron chi connectivity index (χ1n) is 5.92. The first-order valence-corrected chi connectivity index (χ1v) is 12.0. The number of hydrogen-bond donors (Lipinski definition) is 1. The van der Waals surface area contributed by atoms with E-state index in [1.165, 1.54) is 0 Å². The van der Waals surface area contributed by atoms with Crippen molar-refractivity contribution >= 4 is 39.6 Å². The molecule has 1 aromatic carbocycles. The zero-order chi connectivity index (χ0) is 19.8. The minimum atomic E-state index is -5.23. The van der Waals surface area contributed by atoms with Gasteiger partial charge in [0.2, 0.25) is 29.5 Å². The lowest BCUT2D eigenvalue weighted by Crippen LogP contribution is -2.16. The van der Waals surface area contributed by atoms with Gasteiger partial charge in [-0.25, -0.2) is 25.3 Å². The highest BCUT2D eigenvalue weighted by Crippen LogP contribution is 2.36. The van der Waals surface area contributed by atoms with E-state index in [4.69, 9.17) is 0 Å². The summed E-state index contributed by atoms with van der Waals surface area (Å²) in [7, 11) is -19.4. The first-order chi connectivity index (χ1) is 11.2. The van der Waals surface area contributed by atoms with Gasteiger partial charge < -0.3 is 0 Å². The van der Waals surface area contributed by atoms with Crippen molar-refractivity contribution in [3.8, 4) is 0 Å². The van der Waals surface area contributed by atoms with Crippen molar-refractivity contribution in [3.05, 3.63) is 48.1 Å². The lowest BCUT2D eigenvalue weighted by molar-refractivity contribution is 0.478. The highest BCUT2D eigenvalue weighted by molar-refractivity contribution is 7.99. The summed E-state index contributed by atoms with van der Waals surface area (Å²) in [5, 5.41) is 0.797. The molecule has 0 aliphatic heterocycles. The molecule has 0 saturated heterocycles. The van der Waals surface area contributed by atoms with Crippen molar-refractivity contribution in [2.24, 2.45) is 0 Å². The van der Waals surface area contributed by atoms with E-state index in [-0.39, 0.29) is 10.8 Å². The Hall–Kier alpha value is -1.80. The largest absolute Gasteiger partial charge is 0.295 e. The molecule has 25 heavy (non-hydrogen) atoms. The third-order valence-corrected chi connectivity index (χ3v) is 8.39. The van der Waals surface area contributed by atoms with E-state index in [1.54, 1.807) is 0 Å². The first kappa shape index (κ1) is 21.2. The second-order valence-corrected chi connectivity index (χ2v) is 11.2. The monoisotopic (exact) mass is 428 g/mol. The Balaban J connectivity index is 4.56. The summed E-state index contributed by atoms with van der Waals surface area (Å²) in [4.78, 5) is -5.20. The second kappa shape index (κ2) is 6.49. The molecule has 0 fully saturated rings. The molecule has 0 spiro atoms. The maximum absolute atomic E-state index is 12.3. The lowest BCUT2D eigenvalue weighted by Gasteiger charge is -2.14. The van der Waals surface area contributed by atoms with Crippen molar-refractivity contribution in [1.29, 1.82) is 0 Å². The molecule has 0 heterocycles. The Kier molecular flexibility index (Phi) is 5.52. The Morgan fingerprint density at radius 2 is 0.960 bits per heavy atom. The molecular weight excluding hydrogens is 416 g/mol. The third kappa shape index (κ3) is 3.90. The van der Waals surface area contributed by atoms with E-state index in [1.807, 2.05) is 0 Å². The number of rotatable bonds is 7. The fraction of sp³-hybridized carbons (Fsp3) is 0. The van der Waals surface area contributed by atoms with Crippen LogP contribution in [0.4, 0.5) is 0 Å². The predicted octanol–water partition coefficient (Wildman–Crippen LogP) is 0.685. The summed E-state index contributed by atoms with van der Waals surface area (Å²) in [5.41, 5.74) is 0. The summed E-state index contributed by atoms with van der Waals surface area (Å²) in [6, 6.07) is 0.975. The van der Waals surface area contributed by atoms with E-state index < -0.39 is 59.2 Å². The van der Waals surface area contributed by atoms with E-state index in [9.17, 15) is 38.2 Å². The van der Waals surface area contributed by atoms with Crippen LogP contribution in [0.1, 0.15) is 0 Å². The predicted molar refractivity (Wildman–Crippen MR) is 88.4 cm³/mol. The average Bonchev–Trinajstić information content (AvgIpc) is 2.52. The van der Waals surface area contributed by atoms with Crippen molar-refractivity contribution in [2.75, 3.05) is 0 Å². The number of sulfone groups is 3. The smallest absolute Gasteiger partial charge is 0.282 e. The SMILES string of the molecule is C=CS(=O)(=O)c1ccc(S(=O)(=O)O)c(S(=O)(=O)C=C)c1S(=O)(=O)C=C. The van der Waals surface area contributed by atoms with E-state index in [0.29, 0.717) is 17.5 Å². The number of hydrogen-bond acceptors (Lipinski definition) is 8. The molecule has 0 amide bonds. The van der Waals surface area contributed by atoms with Gasteiger partial charge in [0.1, 0.15) is 14.7 Å². The topological polar surface area (TPSA) is 157 Å². The summed E-state index contributed by atoms with van der Waals surface area (Å²) in [6.07, 6.45) is 0. The van der Waals surface area contributed by atoms with Gasteiger partial charge in [-0.05, 0) is 12.1 Å². The standard InChI is InChI=1S/C12H12O9S4/c1-4-22(13,14)9-7-8-10(25(19,20)21)12(24(17,18)6-3)11(9)23(15,16)5-2/h4-8H,1-3H2,(H,19,20,21). The summed E-state index contributed by atoms with van der Waals surface area (Å²) in [5.74, 6) is 0. The maximum Gasteiger partial charge on any atom is 0.295 e. The van der Waals surface area contributed by atoms with Crippen LogP contribution in [0.5, 0.6) is 0 Å². The Morgan fingerprint density at radius 3 is 1.28 bits per heavy atom. The van der Waals surface area contributed by atoms with Gasteiger partial charge in [0.05, 0.1) is 4.90 Å². The van der Waals surface area contributed by atoms with Gasteiger partial charge in [0.25, 0.3) is 10.1 Å². The molecule has 0 aromatic heterocycles. The highest BCUT2D eigenvalue weighted by Gasteiger charge is 2.36. The van der Waals surface area contributed by atoms with Crippen LogP contribution < -0.4 is 0 Å². The summed E-state index contributed by atoms with van der Waals surface area (Å²) >= 11 is 0. The van der Waals surface area contributed by atoms with Crippen LogP contribution in [0, 0.1) is 0 Å². The third-order valence-electron chi connectivity index (χ3n) is 2.85. The average molecular weight is 428 g/mol. The number of benzene rings is 1. The van der Waals surface area contributed by atoms with Crippen LogP contribution in [0.15, 0.2) is 67.7 Å². The van der Waals surface area contributed by atoms with Crippen molar-refractivity contribution in [1.82, 2.24) is 0 Å². The molecule has 0 unspecified atom stereocenters. The summed E-state index contributed by atoms with van der Waals surface area (Å²) < 4.78 is 105. The van der Waals surface area contributed by atoms with E-state index in [0.717, 1.165) is 0 Å². The molecule has 1 aromatic rings. The van der Waals surface area contributed by atoms with Gasteiger partial charge in [-0.3, -0.25) is 4.55 Å². The molecule has 0 aliphatic rings. The zero-order valence-electron chi connectivity index (χ0n) is 12.4. The van der Waals surface area contributed by atoms with Crippen LogP contribution in [-0.2, 0) is 39.6 Å². The zero-order valence-corrected chi connectivity index (χ0v) is 15.6. The van der Waals surface area contributed by atoms with Crippen molar-refractivity contribution in [2.45, 2.75) is 19.6 Å². The lowest BCUT2D eigenvalue weighted by atomic mass is 10.3. The molecule has 138 valence electrons. The molecule has 1 N–H and O–H groups in total. The van der Waals surface area contributed by atoms with Crippen LogP contribution in [-0.4, -0.2) is 38.2 Å². The molecule has 1 rings (SSSR count). The molecule has 0 bridgehead atoms. The van der Waals surface area contributed by atoms with Crippen LogP contribution >= 0.6 is 0 Å². The fourth-order valence-electron chi connectivity index (χ4n) is 1.75. The highest BCUT2D eigenvalue weighted by atomic mass is 32.2. The van der Waals surface area contributed by atoms with Crippen molar-refractivity contribution < 1.29 is 38.2 Å². The van der Waals surface area contributed by atoms with Gasteiger partial charge in [-0.1, -0.05) is 19.7 Å². The Labute approximate surface area is 145 Å². The van der Waals surface area contributed by atoms with Crippen molar-refractivity contribution in [3.63, 3.8) is 0 Å². The molecule has 9 nitrogen and oxygen atoms in total. The fourth-order valence-corrected chi connectivity index (χ4v) is 7.08. The molecule has 0 atom stereocenters. The molecule has 13 heteroatoms. The van der Waals surface area contributed by atoms with Gasteiger partial charge in [0, 0.05) is 16.2 Å². The van der Waals surface area contributed by atoms with Gasteiger partial charge in [-0.2, -0.15) is 8.42 Å². The second-order valence-electron chi connectivity index (χ2n) is 4.33. The minimum absolute atomic E-state index is 0.212. The van der Waals surface area contributed by atoms with Crippen LogP contribution in [0.2, 0.25) is 0 Å². The maximum atomic E-state index is 12.3. The molecule has 0 aliphatic carbocycles. The molecular formula is C12H12O9S4. The van der Waals surface area contributed by atoms with Crippen LogP contribution in [0.25, 0.3) is 0 Å². The van der Waals surface area contributed by atoms with Gasteiger partial charge >= 0.3 is 0 Å². The van der Waals surface area contributed by atoms with Crippen LogP contribution in [0.3, 0.4) is 0 Å². The Morgan fingerprint density at radius 1 is 0.640 bits per heavy atom. The normalized spacial score (nSPS) is 13.2. The van der Waals surface area contributed by atoms with E-state index >= 15 is 0 Å². The molecule has 0 radical (unpaired) electrons. The van der Waals surface area contributed by atoms with Gasteiger partial charge in [0.15, 0.2) is 0 Å². The summed E-state index contributed by atoms with van der Waals surface area (Å²) in [6.45, 7) is 8.89. The Bertz CT molecular complexity index is 1180. The van der Waals surface area contributed by atoms with Gasteiger partial charge in [-0.15, -0.1) is 0 Å². The minimum Gasteiger partial charge on any atom is -0.282 e. The molecule has 0 saturated carbocycles.